The van der Waals surface area contributed by atoms with E-state index in [9.17, 15) is 4.79 Å². The van der Waals surface area contributed by atoms with E-state index in [1.165, 1.54) is 0 Å². The summed E-state index contributed by atoms with van der Waals surface area (Å²) in [7, 11) is 0. The highest BCUT2D eigenvalue weighted by atomic mass is 35.5. The zero-order chi connectivity index (χ0) is 12.8. The predicted octanol–water partition coefficient (Wildman–Crippen LogP) is 3.70. The summed E-state index contributed by atoms with van der Waals surface area (Å²) in [5.41, 5.74) is 3.12. The van der Waals surface area contributed by atoms with Crippen LogP contribution in [0.2, 0.25) is 0 Å². The molecular weight excluding hydrogens is 234 g/mol. The lowest BCUT2D eigenvalue weighted by molar-refractivity contribution is 0.0910. The van der Waals surface area contributed by atoms with Gasteiger partial charge in [0, 0.05) is 28.4 Å². The number of ketones is 1. The lowest BCUT2D eigenvalue weighted by atomic mass is 9.76. The predicted molar refractivity (Wildman–Crippen MR) is 70.6 cm³/mol. The van der Waals surface area contributed by atoms with Gasteiger partial charge in [-0.25, -0.2) is 0 Å². The fourth-order valence-corrected chi connectivity index (χ4v) is 2.72. The maximum atomic E-state index is 12.1. The maximum Gasteiger partial charge on any atom is 0.165 e. The SMILES string of the molecule is C=C(Cl)Cn1c(C)cc2c1CC(C)(C)CC2=O. The number of rotatable bonds is 2. The van der Waals surface area contributed by atoms with Crippen molar-refractivity contribution in [3.8, 4) is 0 Å². The maximum absolute atomic E-state index is 12.1. The van der Waals surface area contributed by atoms with E-state index in [0.29, 0.717) is 18.0 Å². The Morgan fingerprint density at radius 3 is 2.76 bits per heavy atom. The van der Waals surface area contributed by atoms with Crippen molar-refractivity contribution in [1.29, 1.82) is 0 Å². The minimum atomic E-state index is 0.0419. The molecule has 1 aliphatic rings. The molecule has 0 aliphatic heterocycles. The molecule has 17 heavy (non-hydrogen) atoms. The molecule has 0 bridgehead atoms. The monoisotopic (exact) mass is 251 g/mol. The molecule has 0 saturated heterocycles. The van der Waals surface area contributed by atoms with Crippen LogP contribution in [0.3, 0.4) is 0 Å². The van der Waals surface area contributed by atoms with E-state index in [0.717, 1.165) is 23.4 Å². The Kier molecular flexibility index (Phi) is 2.94. The van der Waals surface area contributed by atoms with Gasteiger partial charge >= 0.3 is 0 Å². The summed E-state index contributed by atoms with van der Waals surface area (Å²) >= 11 is 5.89. The molecule has 0 unspecified atom stereocenters. The van der Waals surface area contributed by atoms with Crippen LogP contribution in [0, 0.1) is 12.3 Å². The van der Waals surface area contributed by atoms with E-state index < -0.39 is 0 Å². The molecule has 2 rings (SSSR count). The number of nitrogens with zero attached hydrogens (tertiary/aromatic N) is 1. The van der Waals surface area contributed by atoms with Crippen LogP contribution in [-0.4, -0.2) is 10.4 Å². The zero-order valence-corrected chi connectivity index (χ0v) is 11.4. The summed E-state index contributed by atoms with van der Waals surface area (Å²) in [6, 6.07) is 1.98. The van der Waals surface area contributed by atoms with Crippen LogP contribution in [-0.2, 0) is 13.0 Å². The molecule has 1 aromatic heterocycles. The molecule has 0 fully saturated rings. The smallest absolute Gasteiger partial charge is 0.165 e. The Morgan fingerprint density at radius 2 is 2.18 bits per heavy atom. The first-order valence-electron chi connectivity index (χ1n) is 5.86. The third-order valence-corrected chi connectivity index (χ3v) is 3.45. The Balaban J connectivity index is 2.51. The topological polar surface area (TPSA) is 22.0 Å². The number of carbonyl (C=O) groups excluding carboxylic acids is 1. The molecule has 0 N–H and O–H groups in total. The van der Waals surface area contributed by atoms with Gasteiger partial charge in [0.2, 0.25) is 0 Å². The van der Waals surface area contributed by atoms with Crippen molar-refractivity contribution in [2.75, 3.05) is 0 Å². The number of Topliss-reactive ketones (excluding diaryl/α,β-unsaturated/α-hetero) is 1. The van der Waals surface area contributed by atoms with Crippen molar-refractivity contribution < 1.29 is 4.79 Å². The highest BCUT2D eigenvalue weighted by Gasteiger charge is 2.33. The highest BCUT2D eigenvalue weighted by molar-refractivity contribution is 6.29. The molecular formula is C14H18ClNO. The van der Waals surface area contributed by atoms with E-state index in [1.54, 1.807) is 0 Å². The minimum absolute atomic E-state index is 0.0419. The normalized spacial score (nSPS) is 18.0. The Morgan fingerprint density at radius 1 is 1.53 bits per heavy atom. The van der Waals surface area contributed by atoms with Crippen molar-refractivity contribution in [2.24, 2.45) is 5.41 Å². The molecule has 0 radical (unpaired) electrons. The fraction of sp³-hybridized carbons (Fsp3) is 0.500. The van der Waals surface area contributed by atoms with Gasteiger partial charge in [0.15, 0.2) is 5.78 Å². The van der Waals surface area contributed by atoms with Crippen LogP contribution in [0.25, 0.3) is 0 Å². The molecule has 3 heteroatoms. The molecule has 0 saturated carbocycles. The largest absolute Gasteiger partial charge is 0.343 e. The number of aryl methyl sites for hydroxylation is 1. The molecule has 0 atom stereocenters. The quantitative estimate of drug-likeness (QED) is 0.786. The number of fused-ring (bicyclic) bond motifs is 1. The standard InChI is InChI=1S/C14H18ClNO/c1-9(15)8-16-10(2)5-11-12(16)6-14(3,4)7-13(11)17/h5H,1,6-8H2,2-4H3. The van der Waals surface area contributed by atoms with Crippen LogP contribution in [0.15, 0.2) is 17.7 Å². The first kappa shape index (κ1) is 12.4. The van der Waals surface area contributed by atoms with Crippen LogP contribution in [0.1, 0.15) is 42.0 Å². The molecule has 0 spiro atoms. The van der Waals surface area contributed by atoms with E-state index in [4.69, 9.17) is 11.6 Å². The average molecular weight is 252 g/mol. The van der Waals surface area contributed by atoms with Gasteiger partial charge in [-0.3, -0.25) is 4.79 Å². The second-order valence-corrected chi connectivity index (χ2v) is 6.22. The molecule has 1 heterocycles. The third-order valence-electron chi connectivity index (χ3n) is 3.33. The molecule has 92 valence electrons. The zero-order valence-electron chi connectivity index (χ0n) is 10.6. The molecule has 2 nitrogen and oxygen atoms in total. The van der Waals surface area contributed by atoms with Gasteiger partial charge in [-0.05, 0) is 24.8 Å². The average Bonchev–Trinajstić information content (AvgIpc) is 2.43. The Bertz CT molecular complexity index is 497. The van der Waals surface area contributed by atoms with Gasteiger partial charge < -0.3 is 4.57 Å². The number of carbonyl (C=O) groups is 1. The molecule has 0 aromatic carbocycles. The van der Waals surface area contributed by atoms with Gasteiger partial charge in [-0.15, -0.1) is 0 Å². The molecule has 1 aliphatic carbocycles. The summed E-state index contributed by atoms with van der Waals surface area (Å²) in [4.78, 5) is 12.1. The van der Waals surface area contributed by atoms with E-state index in [2.05, 4.69) is 25.0 Å². The first-order valence-corrected chi connectivity index (χ1v) is 6.23. The van der Waals surface area contributed by atoms with Crippen molar-refractivity contribution in [2.45, 2.75) is 40.2 Å². The minimum Gasteiger partial charge on any atom is -0.343 e. The Labute approximate surface area is 107 Å². The second-order valence-electron chi connectivity index (χ2n) is 5.69. The van der Waals surface area contributed by atoms with Gasteiger partial charge in [-0.1, -0.05) is 32.0 Å². The van der Waals surface area contributed by atoms with Gasteiger partial charge in [0.25, 0.3) is 0 Å². The lowest BCUT2D eigenvalue weighted by Gasteiger charge is -2.29. The fourth-order valence-electron chi connectivity index (χ4n) is 2.60. The Hall–Kier alpha value is -1.02. The van der Waals surface area contributed by atoms with Crippen molar-refractivity contribution in [3.05, 3.63) is 34.6 Å². The van der Waals surface area contributed by atoms with Gasteiger partial charge in [0.05, 0.1) is 6.54 Å². The number of hydrogen-bond donors (Lipinski definition) is 0. The highest BCUT2D eigenvalue weighted by Crippen LogP contribution is 2.36. The summed E-state index contributed by atoms with van der Waals surface area (Å²) in [5.74, 6) is 0.248. The van der Waals surface area contributed by atoms with E-state index in [1.807, 2.05) is 13.0 Å². The van der Waals surface area contributed by atoms with Crippen LogP contribution in [0.5, 0.6) is 0 Å². The van der Waals surface area contributed by atoms with Gasteiger partial charge in [-0.2, -0.15) is 0 Å². The van der Waals surface area contributed by atoms with Crippen molar-refractivity contribution >= 4 is 17.4 Å². The number of hydrogen-bond acceptors (Lipinski definition) is 1. The number of allylic oxidation sites excluding steroid dienone is 1. The summed E-state index contributed by atoms with van der Waals surface area (Å²) in [6.45, 7) is 10.6. The lowest BCUT2D eigenvalue weighted by Crippen LogP contribution is -2.28. The summed E-state index contributed by atoms with van der Waals surface area (Å²) in [6.07, 6.45) is 1.55. The summed E-state index contributed by atoms with van der Waals surface area (Å²) in [5, 5.41) is 0.599. The van der Waals surface area contributed by atoms with Gasteiger partial charge in [0.1, 0.15) is 0 Å². The second kappa shape index (κ2) is 4.02. The van der Waals surface area contributed by atoms with Crippen LogP contribution in [0.4, 0.5) is 0 Å². The molecule has 0 amide bonds. The van der Waals surface area contributed by atoms with E-state index >= 15 is 0 Å². The number of aromatic nitrogens is 1. The summed E-state index contributed by atoms with van der Waals surface area (Å²) < 4.78 is 2.11. The first-order chi connectivity index (χ1) is 7.80. The van der Waals surface area contributed by atoms with Crippen molar-refractivity contribution in [3.63, 3.8) is 0 Å². The number of halogens is 1. The third kappa shape index (κ3) is 2.32. The van der Waals surface area contributed by atoms with Crippen LogP contribution < -0.4 is 0 Å². The van der Waals surface area contributed by atoms with Crippen molar-refractivity contribution in [1.82, 2.24) is 4.57 Å². The van der Waals surface area contributed by atoms with E-state index in [-0.39, 0.29) is 11.2 Å². The molecule has 1 aromatic rings. The van der Waals surface area contributed by atoms with Crippen LogP contribution >= 0.6 is 11.6 Å².